The first-order chi connectivity index (χ1) is 11.7. The predicted octanol–water partition coefficient (Wildman–Crippen LogP) is 2.47. The highest BCUT2D eigenvalue weighted by molar-refractivity contribution is 14.0. The van der Waals surface area contributed by atoms with Crippen molar-refractivity contribution in [1.29, 1.82) is 0 Å². The van der Waals surface area contributed by atoms with E-state index in [1.165, 1.54) is 0 Å². The number of alkyl halides is 3. The van der Waals surface area contributed by atoms with E-state index in [9.17, 15) is 21.6 Å². The van der Waals surface area contributed by atoms with Gasteiger partial charge in [0.2, 0.25) is 0 Å². The van der Waals surface area contributed by atoms with E-state index in [4.69, 9.17) is 0 Å². The highest BCUT2D eigenvalue weighted by atomic mass is 127. The third-order valence-corrected chi connectivity index (χ3v) is 6.38. The van der Waals surface area contributed by atoms with Gasteiger partial charge in [0.25, 0.3) is 0 Å². The largest absolute Gasteiger partial charge is 0.511 e. The Morgan fingerprint density at radius 1 is 1.23 bits per heavy atom. The minimum atomic E-state index is -5.22. The summed E-state index contributed by atoms with van der Waals surface area (Å²) in [4.78, 5) is 4.11. The standard InChI is InChI=1S/C14H27F3N4O2S2.HI/c1-18-13(19-7-3-4-10-24-2)20-11-12-5-8-21(9-6-12)25(22,23)14(15,16)17;/h12H,3-11H2,1-2H3,(H2,18,19,20);1H. The molecule has 1 saturated heterocycles. The van der Waals surface area contributed by atoms with Crippen molar-refractivity contribution < 1.29 is 21.6 Å². The molecule has 12 heteroatoms. The molecule has 2 N–H and O–H groups in total. The third-order valence-electron chi connectivity index (χ3n) is 4.06. The van der Waals surface area contributed by atoms with Gasteiger partial charge in [0.1, 0.15) is 0 Å². The molecule has 1 fully saturated rings. The van der Waals surface area contributed by atoms with Crippen LogP contribution >= 0.6 is 35.7 Å². The van der Waals surface area contributed by atoms with Gasteiger partial charge in [0.05, 0.1) is 0 Å². The highest BCUT2D eigenvalue weighted by Crippen LogP contribution is 2.30. The molecule has 0 aliphatic carbocycles. The number of thioether (sulfide) groups is 1. The Morgan fingerprint density at radius 2 is 1.85 bits per heavy atom. The van der Waals surface area contributed by atoms with Crippen molar-refractivity contribution in [2.24, 2.45) is 10.9 Å². The number of unbranched alkanes of at least 4 members (excludes halogenated alkanes) is 1. The summed E-state index contributed by atoms with van der Waals surface area (Å²) in [5, 5.41) is 6.35. The second kappa shape index (κ2) is 12.5. The van der Waals surface area contributed by atoms with Gasteiger partial charge in [-0.1, -0.05) is 0 Å². The number of guanidine groups is 1. The predicted molar refractivity (Wildman–Crippen MR) is 112 cm³/mol. The lowest BCUT2D eigenvalue weighted by Crippen LogP contribution is -2.47. The van der Waals surface area contributed by atoms with Crippen LogP contribution in [0.2, 0.25) is 0 Å². The van der Waals surface area contributed by atoms with Crippen LogP contribution in [0.25, 0.3) is 0 Å². The number of nitrogens with one attached hydrogen (secondary N) is 2. The Balaban J connectivity index is 0.00000625. The normalized spacial score (nSPS) is 17.7. The molecule has 0 aromatic heterocycles. The molecule has 0 spiro atoms. The molecule has 0 aromatic rings. The van der Waals surface area contributed by atoms with E-state index in [2.05, 4.69) is 21.9 Å². The minimum Gasteiger partial charge on any atom is -0.356 e. The number of hydrogen-bond donors (Lipinski definition) is 2. The molecule has 1 rings (SSSR count). The minimum absolute atomic E-state index is 0. The van der Waals surface area contributed by atoms with Gasteiger partial charge in [0.15, 0.2) is 5.96 Å². The van der Waals surface area contributed by atoms with Gasteiger partial charge in [-0.25, -0.2) is 8.42 Å². The number of halogens is 4. The lowest BCUT2D eigenvalue weighted by molar-refractivity contribution is -0.0496. The van der Waals surface area contributed by atoms with E-state index in [1.807, 2.05) is 11.8 Å². The van der Waals surface area contributed by atoms with Gasteiger partial charge in [0, 0.05) is 33.2 Å². The lowest BCUT2D eigenvalue weighted by Gasteiger charge is -2.31. The summed E-state index contributed by atoms with van der Waals surface area (Å²) >= 11 is 1.81. The van der Waals surface area contributed by atoms with Crippen molar-refractivity contribution in [3.63, 3.8) is 0 Å². The van der Waals surface area contributed by atoms with Crippen LogP contribution in [0.1, 0.15) is 25.7 Å². The summed E-state index contributed by atoms with van der Waals surface area (Å²) in [5.74, 6) is 1.90. The molecular weight excluding hydrogens is 504 g/mol. The molecule has 1 heterocycles. The van der Waals surface area contributed by atoms with Crippen LogP contribution in [0.3, 0.4) is 0 Å². The maximum Gasteiger partial charge on any atom is 0.511 e. The van der Waals surface area contributed by atoms with Gasteiger partial charge in [-0.3, -0.25) is 4.99 Å². The second-order valence-corrected chi connectivity index (χ2v) is 8.79. The summed E-state index contributed by atoms with van der Waals surface area (Å²) < 4.78 is 60.9. The smallest absolute Gasteiger partial charge is 0.356 e. The topological polar surface area (TPSA) is 73.8 Å². The van der Waals surface area contributed by atoms with Gasteiger partial charge in [-0.05, 0) is 43.6 Å². The molecule has 0 aromatic carbocycles. The van der Waals surface area contributed by atoms with E-state index in [-0.39, 0.29) is 43.0 Å². The molecule has 6 nitrogen and oxygen atoms in total. The van der Waals surface area contributed by atoms with Gasteiger partial charge < -0.3 is 10.6 Å². The van der Waals surface area contributed by atoms with E-state index in [1.54, 1.807) is 7.05 Å². The Labute approximate surface area is 175 Å². The molecule has 156 valence electrons. The molecule has 0 radical (unpaired) electrons. The average Bonchev–Trinajstić information content (AvgIpc) is 2.56. The van der Waals surface area contributed by atoms with Crippen LogP contribution in [-0.2, 0) is 10.0 Å². The average molecular weight is 532 g/mol. The van der Waals surface area contributed by atoms with Crippen molar-refractivity contribution in [3.8, 4) is 0 Å². The van der Waals surface area contributed by atoms with Crippen molar-refractivity contribution in [3.05, 3.63) is 0 Å². The zero-order chi connectivity index (χ0) is 18.9. The third kappa shape index (κ3) is 8.38. The molecule has 0 saturated carbocycles. The van der Waals surface area contributed by atoms with E-state index in [0.29, 0.717) is 29.7 Å². The van der Waals surface area contributed by atoms with E-state index in [0.717, 1.165) is 25.1 Å². The van der Waals surface area contributed by atoms with Gasteiger partial charge >= 0.3 is 15.5 Å². The Hall–Kier alpha value is 0.0500. The van der Waals surface area contributed by atoms with Crippen LogP contribution in [0.4, 0.5) is 13.2 Å². The number of hydrogen-bond acceptors (Lipinski definition) is 4. The first kappa shape index (κ1) is 26.1. The van der Waals surface area contributed by atoms with Gasteiger partial charge in [-0.15, -0.1) is 24.0 Å². The number of nitrogens with zero attached hydrogens (tertiary/aromatic N) is 2. The maximum absolute atomic E-state index is 12.5. The van der Waals surface area contributed by atoms with Crippen molar-refractivity contribution in [1.82, 2.24) is 14.9 Å². The molecule has 1 aliphatic rings. The zero-order valence-electron chi connectivity index (χ0n) is 15.0. The molecule has 0 unspecified atom stereocenters. The SMILES string of the molecule is CN=C(NCCCCSC)NCC1CCN(S(=O)(=O)C(F)(F)F)CC1.I. The Kier molecular flexibility index (Phi) is 12.5. The number of sulfonamides is 1. The highest BCUT2D eigenvalue weighted by Gasteiger charge is 2.50. The number of rotatable bonds is 8. The molecular formula is C14H28F3IN4O2S2. The fourth-order valence-corrected chi connectivity index (χ4v) is 4.02. The monoisotopic (exact) mass is 532 g/mol. The molecule has 26 heavy (non-hydrogen) atoms. The van der Waals surface area contributed by atoms with Crippen LogP contribution in [0.15, 0.2) is 4.99 Å². The second-order valence-electron chi connectivity index (χ2n) is 5.87. The first-order valence-electron chi connectivity index (χ1n) is 8.22. The first-order valence-corrected chi connectivity index (χ1v) is 11.1. The van der Waals surface area contributed by atoms with Crippen LogP contribution < -0.4 is 10.6 Å². The number of piperidine rings is 1. The van der Waals surface area contributed by atoms with Crippen molar-refractivity contribution in [2.75, 3.05) is 45.2 Å². The van der Waals surface area contributed by atoms with Gasteiger partial charge in [-0.2, -0.15) is 29.2 Å². The zero-order valence-corrected chi connectivity index (χ0v) is 19.0. The maximum atomic E-state index is 12.5. The summed E-state index contributed by atoms with van der Waals surface area (Å²) in [6.45, 7) is 1.16. The van der Waals surface area contributed by atoms with E-state index >= 15 is 0 Å². The van der Waals surface area contributed by atoms with Crippen molar-refractivity contribution in [2.45, 2.75) is 31.2 Å². The molecule has 0 atom stereocenters. The Bertz CT molecular complexity index is 525. The summed E-state index contributed by atoms with van der Waals surface area (Å²) in [6, 6.07) is 0. The quantitative estimate of drug-likeness (QED) is 0.218. The number of aliphatic imine (C=N–C) groups is 1. The van der Waals surface area contributed by atoms with Crippen molar-refractivity contribution >= 4 is 51.7 Å². The molecule has 1 aliphatic heterocycles. The van der Waals surface area contributed by atoms with Crippen LogP contribution in [0.5, 0.6) is 0 Å². The summed E-state index contributed by atoms with van der Waals surface area (Å²) in [5.41, 5.74) is -5.22. The molecule has 0 bridgehead atoms. The Morgan fingerprint density at radius 3 is 2.35 bits per heavy atom. The summed E-state index contributed by atoms with van der Waals surface area (Å²) in [6.07, 6.45) is 5.02. The van der Waals surface area contributed by atoms with Crippen LogP contribution in [0, 0.1) is 5.92 Å². The fourth-order valence-electron chi connectivity index (χ4n) is 2.54. The lowest BCUT2D eigenvalue weighted by atomic mass is 9.98. The van der Waals surface area contributed by atoms with E-state index < -0.39 is 15.5 Å². The summed E-state index contributed by atoms with van der Waals surface area (Å²) in [7, 11) is -3.54. The van der Waals surface area contributed by atoms with Crippen LogP contribution in [-0.4, -0.2) is 69.4 Å². The fraction of sp³-hybridized carbons (Fsp3) is 0.929. The molecule has 0 amide bonds.